The quantitative estimate of drug-likeness (QED) is 0.913. The molecule has 2 N–H and O–H groups in total. The average Bonchev–Trinajstić information content (AvgIpc) is 2.33. The van der Waals surface area contributed by atoms with Crippen molar-refractivity contribution in [3.05, 3.63) is 33.8 Å². The fraction of sp³-hybridized carbons (Fsp3) is 0.500. The van der Waals surface area contributed by atoms with Gasteiger partial charge < -0.3 is 10.6 Å². The lowest BCUT2D eigenvalue weighted by molar-refractivity contribution is -0.137. The lowest BCUT2D eigenvalue weighted by Gasteiger charge is -2.39. The van der Waals surface area contributed by atoms with Crippen LogP contribution in [0.5, 0.6) is 0 Å². The molecule has 0 saturated carbocycles. The molecule has 0 radical (unpaired) electrons. The van der Waals surface area contributed by atoms with E-state index in [2.05, 4.69) is 41.1 Å². The highest BCUT2D eigenvalue weighted by atomic mass is 79.9. The van der Waals surface area contributed by atoms with Crippen LogP contribution in [0.3, 0.4) is 0 Å². The zero-order valence-corrected chi connectivity index (χ0v) is 12.4. The molecule has 1 fully saturated rings. The summed E-state index contributed by atoms with van der Waals surface area (Å²) in [5.41, 5.74) is 8.54. The van der Waals surface area contributed by atoms with Gasteiger partial charge in [-0.25, -0.2) is 0 Å². The number of likely N-dealkylation sites (N-methyl/N-ethyl adjacent to an activating group) is 1. The maximum Gasteiger partial charge on any atom is 0.223 e. The first kappa shape index (κ1) is 13.6. The second-order valence-corrected chi connectivity index (χ2v) is 5.71. The van der Waals surface area contributed by atoms with Crippen molar-refractivity contribution in [2.45, 2.75) is 38.8 Å². The van der Waals surface area contributed by atoms with Crippen LogP contribution in [0, 0.1) is 6.92 Å². The summed E-state index contributed by atoms with van der Waals surface area (Å²) in [7, 11) is 0. The van der Waals surface area contributed by atoms with Gasteiger partial charge in [-0.05, 0) is 37.5 Å². The van der Waals surface area contributed by atoms with E-state index >= 15 is 0 Å². The number of likely N-dealkylation sites (tertiary alicyclic amines) is 1. The molecule has 2 unspecified atom stereocenters. The number of hydrogen-bond donors (Lipinski definition) is 1. The molecule has 1 aromatic rings. The van der Waals surface area contributed by atoms with Crippen LogP contribution in [0.15, 0.2) is 22.7 Å². The van der Waals surface area contributed by atoms with Gasteiger partial charge in [0.1, 0.15) is 0 Å². The molecule has 4 heteroatoms. The average molecular weight is 311 g/mol. The summed E-state index contributed by atoms with van der Waals surface area (Å²) in [6.45, 7) is 4.76. The van der Waals surface area contributed by atoms with Gasteiger partial charge in [-0.1, -0.05) is 28.1 Å². The smallest absolute Gasteiger partial charge is 0.223 e. The maximum absolute atomic E-state index is 12.0. The third kappa shape index (κ3) is 2.45. The molecule has 2 rings (SSSR count). The van der Waals surface area contributed by atoms with Gasteiger partial charge in [0.15, 0.2) is 0 Å². The lowest BCUT2D eigenvalue weighted by atomic mass is 9.90. The summed E-state index contributed by atoms with van der Waals surface area (Å²) in [5, 5.41) is 0. The van der Waals surface area contributed by atoms with Crippen LogP contribution < -0.4 is 5.73 Å². The number of halogens is 1. The molecular formula is C14H19BrN2O. The van der Waals surface area contributed by atoms with E-state index in [0.717, 1.165) is 16.5 Å². The van der Waals surface area contributed by atoms with E-state index in [0.29, 0.717) is 13.0 Å². The number of rotatable bonds is 2. The topological polar surface area (TPSA) is 46.3 Å². The highest BCUT2D eigenvalue weighted by Crippen LogP contribution is 2.35. The van der Waals surface area contributed by atoms with E-state index < -0.39 is 0 Å². The highest BCUT2D eigenvalue weighted by molar-refractivity contribution is 9.10. The molecule has 1 aliphatic heterocycles. The van der Waals surface area contributed by atoms with Gasteiger partial charge in [-0.3, -0.25) is 4.79 Å². The van der Waals surface area contributed by atoms with Crippen LogP contribution in [0.1, 0.15) is 36.9 Å². The van der Waals surface area contributed by atoms with Crippen LogP contribution in [-0.2, 0) is 4.79 Å². The van der Waals surface area contributed by atoms with Gasteiger partial charge in [-0.15, -0.1) is 0 Å². The number of aryl methyl sites for hydroxylation is 1. The molecule has 0 bridgehead atoms. The molecule has 1 aliphatic rings. The van der Waals surface area contributed by atoms with Crippen LogP contribution >= 0.6 is 15.9 Å². The van der Waals surface area contributed by atoms with Crippen molar-refractivity contribution < 1.29 is 4.79 Å². The second kappa shape index (κ2) is 5.41. The van der Waals surface area contributed by atoms with Crippen molar-refractivity contribution in [3.8, 4) is 0 Å². The Labute approximate surface area is 116 Å². The van der Waals surface area contributed by atoms with Crippen molar-refractivity contribution in [2.75, 3.05) is 6.54 Å². The monoisotopic (exact) mass is 310 g/mol. The minimum Gasteiger partial charge on any atom is -0.334 e. The zero-order valence-electron chi connectivity index (χ0n) is 10.8. The zero-order chi connectivity index (χ0) is 13.3. The summed E-state index contributed by atoms with van der Waals surface area (Å²) in [5.74, 6) is 0.205. The number of amides is 1. The summed E-state index contributed by atoms with van der Waals surface area (Å²) in [6.07, 6.45) is 1.33. The fourth-order valence-corrected chi connectivity index (χ4v) is 3.35. The van der Waals surface area contributed by atoms with E-state index in [1.165, 1.54) is 5.56 Å². The SMILES string of the molecule is CCN1C(=O)CCC(N)C1c1ccc(C)cc1Br. The summed E-state index contributed by atoms with van der Waals surface area (Å²) < 4.78 is 1.04. The first-order valence-corrected chi connectivity index (χ1v) is 7.15. The normalized spacial score (nSPS) is 24.4. The number of benzene rings is 1. The summed E-state index contributed by atoms with van der Waals surface area (Å²) in [6, 6.07) is 6.23. The Morgan fingerprint density at radius 1 is 1.50 bits per heavy atom. The minimum atomic E-state index is -0.00813. The van der Waals surface area contributed by atoms with Crippen LogP contribution in [0.2, 0.25) is 0 Å². The van der Waals surface area contributed by atoms with Crippen molar-refractivity contribution in [1.29, 1.82) is 0 Å². The minimum absolute atomic E-state index is 0.00813. The number of nitrogens with two attached hydrogens (primary N) is 1. The Balaban J connectivity index is 2.41. The third-order valence-electron chi connectivity index (χ3n) is 3.57. The second-order valence-electron chi connectivity index (χ2n) is 4.85. The molecule has 0 aromatic heterocycles. The van der Waals surface area contributed by atoms with Crippen LogP contribution in [0.25, 0.3) is 0 Å². The highest BCUT2D eigenvalue weighted by Gasteiger charge is 2.34. The van der Waals surface area contributed by atoms with E-state index in [9.17, 15) is 4.79 Å². The van der Waals surface area contributed by atoms with Crippen molar-refractivity contribution >= 4 is 21.8 Å². The molecule has 1 heterocycles. The summed E-state index contributed by atoms with van der Waals surface area (Å²) in [4.78, 5) is 13.9. The molecule has 98 valence electrons. The first-order valence-electron chi connectivity index (χ1n) is 6.35. The van der Waals surface area contributed by atoms with E-state index in [-0.39, 0.29) is 18.0 Å². The number of hydrogen-bond acceptors (Lipinski definition) is 2. The van der Waals surface area contributed by atoms with Gasteiger partial charge in [0.2, 0.25) is 5.91 Å². The van der Waals surface area contributed by atoms with Crippen LogP contribution in [-0.4, -0.2) is 23.4 Å². The van der Waals surface area contributed by atoms with E-state index in [4.69, 9.17) is 5.73 Å². The van der Waals surface area contributed by atoms with Gasteiger partial charge in [0.05, 0.1) is 6.04 Å². The Bertz CT molecular complexity index is 461. The Hall–Kier alpha value is -0.870. The molecule has 1 amide bonds. The number of nitrogens with zero attached hydrogens (tertiary/aromatic N) is 1. The molecule has 0 aliphatic carbocycles. The maximum atomic E-state index is 12.0. The van der Waals surface area contributed by atoms with Gasteiger partial charge >= 0.3 is 0 Å². The predicted octanol–water partition coefficient (Wildman–Crippen LogP) is 2.77. The van der Waals surface area contributed by atoms with Crippen molar-refractivity contribution in [3.63, 3.8) is 0 Å². The van der Waals surface area contributed by atoms with Gasteiger partial charge in [0, 0.05) is 23.5 Å². The molecule has 1 aromatic carbocycles. The number of carbonyl (C=O) groups is 1. The molecule has 1 saturated heterocycles. The van der Waals surface area contributed by atoms with E-state index in [1.54, 1.807) is 0 Å². The summed E-state index contributed by atoms with van der Waals surface area (Å²) >= 11 is 3.59. The Morgan fingerprint density at radius 3 is 2.83 bits per heavy atom. The van der Waals surface area contributed by atoms with E-state index in [1.807, 2.05) is 11.8 Å². The standard InChI is InChI=1S/C14H19BrN2O/c1-3-17-13(18)7-6-12(16)14(17)10-5-4-9(2)8-11(10)15/h4-5,8,12,14H,3,6-7,16H2,1-2H3. The molecule has 18 heavy (non-hydrogen) atoms. The predicted molar refractivity (Wildman–Crippen MR) is 76.2 cm³/mol. The lowest BCUT2D eigenvalue weighted by Crippen LogP contribution is -2.48. The number of carbonyl (C=O) groups excluding carboxylic acids is 1. The van der Waals surface area contributed by atoms with Crippen molar-refractivity contribution in [1.82, 2.24) is 4.90 Å². The van der Waals surface area contributed by atoms with Gasteiger partial charge in [0.25, 0.3) is 0 Å². The van der Waals surface area contributed by atoms with Crippen LogP contribution in [0.4, 0.5) is 0 Å². The fourth-order valence-electron chi connectivity index (χ4n) is 2.62. The molecular weight excluding hydrogens is 292 g/mol. The molecule has 2 atom stereocenters. The van der Waals surface area contributed by atoms with Crippen molar-refractivity contribution in [2.24, 2.45) is 5.73 Å². The third-order valence-corrected chi connectivity index (χ3v) is 4.26. The van der Waals surface area contributed by atoms with Gasteiger partial charge in [-0.2, -0.15) is 0 Å². The Kier molecular flexibility index (Phi) is 4.07. The first-order chi connectivity index (χ1) is 8.54. The number of piperidine rings is 1. The molecule has 0 spiro atoms. The largest absolute Gasteiger partial charge is 0.334 e. The molecule has 3 nitrogen and oxygen atoms in total. The Morgan fingerprint density at radius 2 is 2.22 bits per heavy atom.